The summed E-state index contributed by atoms with van der Waals surface area (Å²) in [5.74, 6) is -0.304. The molecule has 0 aromatic heterocycles. The van der Waals surface area contributed by atoms with Crippen LogP contribution in [0.1, 0.15) is 30.9 Å². The Morgan fingerprint density at radius 2 is 1.87 bits per heavy atom. The van der Waals surface area contributed by atoms with Crippen LogP contribution in [0.3, 0.4) is 0 Å². The van der Waals surface area contributed by atoms with E-state index in [2.05, 4.69) is 41.9 Å². The Labute approximate surface area is 98.4 Å². The highest BCUT2D eigenvalue weighted by Gasteiger charge is 2.13. The van der Waals surface area contributed by atoms with E-state index in [1.807, 2.05) is 12.1 Å². The summed E-state index contributed by atoms with van der Waals surface area (Å²) in [4.78, 5) is 10.1. The summed E-state index contributed by atoms with van der Waals surface area (Å²) in [6.45, 7) is 4.28. The first-order chi connectivity index (χ1) is 7.00. The molecule has 0 aliphatic heterocycles. The summed E-state index contributed by atoms with van der Waals surface area (Å²) in [7, 11) is 0. The molecule has 0 amide bonds. The van der Waals surface area contributed by atoms with Crippen LogP contribution in [0.5, 0.6) is 0 Å². The molecule has 0 saturated heterocycles. The second kappa shape index (κ2) is 5.31. The Morgan fingerprint density at radius 1 is 1.33 bits per heavy atom. The van der Waals surface area contributed by atoms with Gasteiger partial charge in [0.15, 0.2) is 0 Å². The van der Waals surface area contributed by atoms with Crippen molar-refractivity contribution in [2.24, 2.45) is 0 Å². The molecule has 1 aromatic carbocycles. The molecule has 0 heterocycles. The van der Waals surface area contributed by atoms with Crippen LogP contribution in [0.2, 0.25) is 0 Å². The third-order valence-electron chi connectivity index (χ3n) is 2.33. The summed E-state index contributed by atoms with van der Waals surface area (Å²) >= 11 is 3.13. The van der Waals surface area contributed by atoms with Gasteiger partial charge in [0.1, 0.15) is 4.83 Å². The van der Waals surface area contributed by atoms with Crippen LogP contribution in [-0.4, -0.2) is 15.9 Å². The quantitative estimate of drug-likeness (QED) is 0.854. The van der Waals surface area contributed by atoms with Gasteiger partial charge in [-0.2, -0.15) is 0 Å². The topological polar surface area (TPSA) is 37.3 Å². The number of rotatable bonds is 4. The number of carbonyl (C=O) groups is 1. The highest BCUT2D eigenvalue weighted by molar-refractivity contribution is 9.10. The molecule has 0 spiro atoms. The van der Waals surface area contributed by atoms with Gasteiger partial charge in [-0.1, -0.05) is 54.0 Å². The first-order valence-corrected chi connectivity index (χ1v) is 5.88. The summed E-state index contributed by atoms with van der Waals surface area (Å²) in [5, 5.41) is 8.74. The van der Waals surface area contributed by atoms with Gasteiger partial charge in [-0.25, -0.2) is 0 Å². The molecule has 1 N–H and O–H groups in total. The van der Waals surface area contributed by atoms with E-state index in [1.165, 1.54) is 5.56 Å². The molecule has 1 rings (SSSR count). The molecule has 15 heavy (non-hydrogen) atoms. The monoisotopic (exact) mass is 270 g/mol. The van der Waals surface area contributed by atoms with E-state index in [-0.39, 0.29) is 0 Å². The van der Waals surface area contributed by atoms with Crippen LogP contribution in [0.15, 0.2) is 24.3 Å². The number of aliphatic carboxylic acids is 1. The largest absolute Gasteiger partial charge is 0.480 e. The lowest BCUT2D eigenvalue weighted by Gasteiger charge is -2.08. The summed E-state index contributed by atoms with van der Waals surface area (Å²) in [5.41, 5.74) is 2.32. The molecule has 0 bridgehead atoms. The van der Waals surface area contributed by atoms with Gasteiger partial charge in [0.05, 0.1) is 0 Å². The van der Waals surface area contributed by atoms with Gasteiger partial charge >= 0.3 is 5.97 Å². The molecule has 0 saturated carbocycles. The smallest absolute Gasteiger partial charge is 0.317 e. The van der Waals surface area contributed by atoms with E-state index in [9.17, 15) is 4.79 Å². The Morgan fingerprint density at radius 3 is 2.27 bits per heavy atom. The predicted molar refractivity (Wildman–Crippen MR) is 64.6 cm³/mol. The maximum Gasteiger partial charge on any atom is 0.317 e. The van der Waals surface area contributed by atoms with E-state index in [0.29, 0.717) is 12.3 Å². The normalized spacial score (nSPS) is 12.8. The van der Waals surface area contributed by atoms with Crippen molar-refractivity contribution in [2.75, 3.05) is 0 Å². The molecule has 0 aliphatic carbocycles. The first kappa shape index (κ1) is 12.2. The molecule has 0 unspecified atom stereocenters. The third-order valence-corrected chi connectivity index (χ3v) is 3.04. The molecular formula is C12H15BrO2. The molecule has 0 fully saturated rings. The van der Waals surface area contributed by atoms with Crippen LogP contribution in [0.25, 0.3) is 0 Å². The van der Waals surface area contributed by atoms with Crippen molar-refractivity contribution in [3.05, 3.63) is 35.4 Å². The van der Waals surface area contributed by atoms with Crippen LogP contribution in [0.4, 0.5) is 0 Å². The minimum Gasteiger partial charge on any atom is -0.480 e. The van der Waals surface area contributed by atoms with Crippen LogP contribution >= 0.6 is 15.9 Å². The molecule has 1 atom stereocenters. The zero-order chi connectivity index (χ0) is 11.4. The molecule has 3 heteroatoms. The third kappa shape index (κ3) is 3.67. The molecular weight excluding hydrogens is 256 g/mol. The van der Waals surface area contributed by atoms with Crippen LogP contribution < -0.4 is 0 Å². The number of alkyl halides is 1. The average Bonchev–Trinajstić information content (AvgIpc) is 2.18. The first-order valence-electron chi connectivity index (χ1n) is 4.96. The van der Waals surface area contributed by atoms with Gasteiger partial charge in [-0.05, 0) is 23.5 Å². The van der Waals surface area contributed by atoms with E-state index in [0.717, 1.165) is 5.56 Å². The van der Waals surface area contributed by atoms with Gasteiger partial charge in [0, 0.05) is 0 Å². The molecule has 0 aliphatic rings. The fourth-order valence-corrected chi connectivity index (χ4v) is 1.71. The fourth-order valence-electron chi connectivity index (χ4n) is 1.33. The van der Waals surface area contributed by atoms with Crippen molar-refractivity contribution in [2.45, 2.75) is 31.0 Å². The van der Waals surface area contributed by atoms with Gasteiger partial charge in [0.25, 0.3) is 0 Å². The Kier molecular flexibility index (Phi) is 4.33. The minimum absolute atomic E-state index is 0.498. The second-order valence-electron chi connectivity index (χ2n) is 3.91. The van der Waals surface area contributed by atoms with Gasteiger partial charge in [-0.15, -0.1) is 0 Å². The van der Waals surface area contributed by atoms with Gasteiger partial charge < -0.3 is 5.11 Å². The predicted octanol–water partition coefficient (Wildman–Crippen LogP) is 3.20. The number of carboxylic acids is 1. The fraction of sp³-hybridized carbons (Fsp3) is 0.417. The van der Waals surface area contributed by atoms with E-state index in [1.54, 1.807) is 0 Å². The Bertz CT molecular complexity index is 330. The number of hydrogen-bond acceptors (Lipinski definition) is 1. The maximum atomic E-state index is 10.6. The summed E-state index contributed by atoms with van der Waals surface area (Å²) in [6, 6.07) is 8.10. The van der Waals surface area contributed by atoms with Crippen molar-refractivity contribution in [3.8, 4) is 0 Å². The lowest BCUT2D eigenvalue weighted by atomic mass is 10.0. The summed E-state index contributed by atoms with van der Waals surface area (Å²) in [6.07, 6.45) is 0.522. The van der Waals surface area contributed by atoms with Crippen molar-refractivity contribution in [1.29, 1.82) is 0 Å². The van der Waals surface area contributed by atoms with E-state index >= 15 is 0 Å². The lowest BCUT2D eigenvalue weighted by molar-refractivity contribution is -0.136. The number of halogens is 1. The van der Waals surface area contributed by atoms with Crippen LogP contribution in [0, 0.1) is 0 Å². The van der Waals surface area contributed by atoms with E-state index in [4.69, 9.17) is 5.11 Å². The summed E-state index contributed by atoms with van der Waals surface area (Å²) < 4.78 is 0. The highest BCUT2D eigenvalue weighted by Crippen LogP contribution is 2.16. The van der Waals surface area contributed by atoms with Crippen molar-refractivity contribution >= 4 is 21.9 Å². The van der Waals surface area contributed by atoms with Gasteiger partial charge in [-0.3, -0.25) is 4.79 Å². The maximum absolute atomic E-state index is 10.6. The van der Waals surface area contributed by atoms with Crippen molar-refractivity contribution in [1.82, 2.24) is 0 Å². The molecule has 82 valence electrons. The highest BCUT2D eigenvalue weighted by atomic mass is 79.9. The lowest BCUT2D eigenvalue weighted by Crippen LogP contribution is -2.15. The minimum atomic E-state index is -0.817. The Hall–Kier alpha value is -0.830. The Balaban J connectivity index is 2.68. The van der Waals surface area contributed by atoms with Gasteiger partial charge in [0.2, 0.25) is 0 Å². The zero-order valence-electron chi connectivity index (χ0n) is 8.90. The standard InChI is InChI=1S/C12H15BrO2/c1-8(2)10-5-3-9(4-6-10)7-11(13)12(14)15/h3-6,8,11H,7H2,1-2H3,(H,14,15)/t11-/m1/s1. The number of hydrogen-bond donors (Lipinski definition) is 1. The molecule has 0 radical (unpaired) electrons. The van der Waals surface area contributed by atoms with Crippen molar-refractivity contribution < 1.29 is 9.90 Å². The van der Waals surface area contributed by atoms with Crippen LogP contribution in [-0.2, 0) is 11.2 Å². The average molecular weight is 271 g/mol. The van der Waals surface area contributed by atoms with E-state index < -0.39 is 10.8 Å². The SMILES string of the molecule is CC(C)c1ccc(C[C@@H](Br)C(=O)O)cc1. The second-order valence-corrected chi connectivity index (χ2v) is 5.01. The number of benzene rings is 1. The van der Waals surface area contributed by atoms with Crippen molar-refractivity contribution in [3.63, 3.8) is 0 Å². The number of carboxylic acid groups (broad SMARTS) is 1. The molecule has 2 nitrogen and oxygen atoms in total. The zero-order valence-corrected chi connectivity index (χ0v) is 10.5. The molecule has 1 aromatic rings.